The average Bonchev–Trinajstić information content (AvgIpc) is 2.91. The minimum Gasteiger partial charge on any atom is -0.388 e. The van der Waals surface area contributed by atoms with Gasteiger partial charge in [0, 0.05) is 35.1 Å². The number of aromatic nitrogens is 1. The van der Waals surface area contributed by atoms with Gasteiger partial charge in [0.2, 0.25) is 0 Å². The molecule has 0 amide bonds. The smallest absolute Gasteiger partial charge is 0.0850 e. The molecule has 1 fully saturated rings. The van der Waals surface area contributed by atoms with Crippen LogP contribution in [0.1, 0.15) is 37.0 Å². The summed E-state index contributed by atoms with van der Waals surface area (Å²) in [5.41, 5.74) is 3.56. The molecule has 1 aromatic heterocycles. The third-order valence-corrected chi connectivity index (χ3v) is 4.31. The minimum atomic E-state index is -0.367. The summed E-state index contributed by atoms with van der Waals surface area (Å²) in [6, 6.07) is 6.35. The molecule has 0 saturated carbocycles. The molecule has 0 aliphatic carbocycles. The normalized spacial score (nSPS) is 21.7. The summed E-state index contributed by atoms with van der Waals surface area (Å²) in [5.74, 6) is 0.332. The molecular weight excluding hydrogens is 236 g/mol. The molecule has 2 unspecified atom stereocenters. The van der Waals surface area contributed by atoms with Crippen molar-refractivity contribution in [3.05, 3.63) is 35.5 Å². The van der Waals surface area contributed by atoms with E-state index < -0.39 is 0 Å². The highest BCUT2D eigenvalue weighted by atomic mass is 16.3. The first kappa shape index (κ1) is 12.7. The highest BCUT2D eigenvalue weighted by Crippen LogP contribution is 2.33. The minimum absolute atomic E-state index is 0.332. The molecule has 19 heavy (non-hydrogen) atoms. The van der Waals surface area contributed by atoms with Crippen LogP contribution in [0, 0.1) is 5.92 Å². The SMILES string of the molecule is CCc1cccc2c(C(O)C3CCCNC3)c[nH]c12. The lowest BCUT2D eigenvalue weighted by molar-refractivity contribution is 0.0934. The predicted molar refractivity (Wildman–Crippen MR) is 78.2 cm³/mol. The molecule has 2 atom stereocenters. The van der Waals surface area contributed by atoms with Gasteiger partial charge in [-0.1, -0.05) is 25.1 Å². The third-order valence-electron chi connectivity index (χ3n) is 4.31. The van der Waals surface area contributed by atoms with Crippen LogP contribution in [0.4, 0.5) is 0 Å². The second kappa shape index (κ2) is 5.35. The molecule has 2 heterocycles. The lowest BCUT2D eigenvalue weighted by atomic mass is 9.89. The van der Waals surface area contributed by atoms with E-state index in [2.05, 4.69) is 35.4 Å². The molecule has 1 aliphatic heterocycles. The summed E-state index contributed by atoms with van der Waals surface area (Å²) in [6.07, 6.45) is 4.90. The number of aromatic amines is 1. The van der Waals surface area contributed by atoms with Crippen LogP contribution in [0.15, 0.2) is 24.4 Å². The van der Waals surface area contributed by atoms with E-state index in [0.717, 1.165) is 37.9 Å². The Balaban J connectivity index is 1.96. The first-order valence-corrected chi connectivity index (χ1v) is 7.29. The van der Waals surface area contributed by atoms with Crippen molar-refractivity contribution in [2.45, 2.75) is 32.3 Å². The van der Waals surface area contributed by atoms with Gasteiger partial charge in [0.25, 0.3) is 0 Å². The number of hydrogen-bond acceptors (Lipinski definition) is 2. The molecule has 3 heteroatoms. The molecular formula is C16H22N2O. The standard InChI is InChI=1S/C16H22N2O/c1-2-11-5-3-7-13-14(10-18-15(11)13)16(19)12-6-4-8-17-9-12/h3,5,7,10,12,16-19H,2,4,6,8-9H2,1H3. The molecule has 0 bridgehead atoms. The summed E-state index contributed by atoms with van der Waals surface area (Å²) in [4.78, 5) is 3.35. The molecule has 3 rings (SSSR count). The van der Waals surface area contributed by atoms with Crippen LogP contribution in [-0.2, 0) is 6.42 Å². The second-order valence-electron chi connectivity index (χ2n) is 5.49. The lowest BCUT2D eigenvalue weighted by Crippen LogP contribution is -2.33. The Bertz CT molecular complexity index is 555. The number of nitrogens with one attached hydrogen (secondary N) is 2. The number of aryl methyl sites for hydroxylation is 1. The molecule has 0 radical (unpaired) electrons. The zero-order valence-electron chi connectivity index (χ0n) is 11.4. The molecule has 1 saturated heterocycles. The van der Waals surface area contributed by atoms with Crippen molar-refractivity contribution in [2.75, 3.05) is 13.1 Å². The Morgan fingerprint density at radius 3 is 3.05 bits per heavy atom. The number of benzene rings is 1. The summed E-state index contributed by atoms with van der Waals surface area (Å²) in [6.45, 7) is 4.16. The quantitative estimate of drug-likeness (QED) is 0.793. The fourth-order valence-electron chi connectivity index (χ4n) is 3.18. The zero-order valence-corrected chi connectivity index (χ0v) is 11.4. The fourth-order valence-corrected chi connectivity index (χ4v) is 3.18. The van der Waals surface area contributed by atoms with E-state index in [-0.39, 0.29) is 6.10 Å². The van der Waals surface area contributed by atoms with Crippen molar-refractivity contribution in [3.8, 4) is 0 Å². The highest BCUT2D eigenvalue weighted by molar-refractivity contribution is 5.86. The molecule has 0 spiro atoms. The summed E-state index contributed by atoms with van der Waals surface area (Å²) < 4.78 is 0. The number of piperidine rings is 1. The topological polar surface area (TPSA) is 48.0 Å². The molecule has 3 N–H and O–H groups in total. The number of para-hydroxylation sites is 1. The second-order valence-corrected chi connectivity index (χ2v) is 5.49. The number of aliphatic hydroxyl groups is 1. The maximum atomic E-state index is 10.6. The Hall–Kier alpha value is -1.32. The molecule has 2 aromatic rings. The molecule has 1 aromatic carbocycles. The average molecular weight is 258 g/mol. The van der Waals surface area contributed by atoms with Crippen LogP contribution in [0.5, 0.6) is 0 Å². The van der Waals surface area contributed by atoms with E-state index in [9.17, 15) is 5.11 Å². The molecule has 102 valence electrons. The van der Waals surface area contributed by atoms with E-state index in [4.69, 9.17) is 0 Å². The Kier molecular flexibility index (Phi) is 3.58. The summed E-state index contributed by atoms with van der Waals surface area (Å²) in [7, 11) is 0. The Morgan fingerprint density at radius 1 is 1.42 bits per heavy atom. The van der Waals surface area contributed by atoms with Crippen LogP contribution in [0.2, 0.25) is 0 Å². The number of H-pyrrole nitrogens is 1. The number of hydrogen-bond donors (Lipinski definition) is 3. The van der Waals surface area contributed by atoms with Crippen LogP contribution >= 0.6 is 0 Å². The first-order chi connectivity index (χ1) is 9.31. The van der Waals surface area contributed by atoms with Crippen LogP contribution in [0.25, 0.3) is 10.9 Å². The maximum Gasteiger partial charge on any atom is 0.0850 e. The van der Waals surface area contributed by atoms with Crippen molar-refractivity contribution >= 4 is 10.9 Å². The van der Waals surface area contributed by atoms with Crippen molar-refractivity contribution in [2.24, 2.45) is 5.92 Å². The van der Waals surface area contributed by atoms with Crippen molar-refractivity contribution in [1.82, 2.24) is 10.3 Å². The summed E-state index contributed by atoms with van der Waals surface area (Å²) in [5, 5.41) is 15.2. The molecule has 3 nitrogen and oxygen atoms in total. The van der Waals surface area contributed by atoms with Gasteiger partial charge in [-0.3, -0.25) is 0 Å². The lowest BCUT2D eigenvalue weighted by Gasteiger charge is -2.27. The first-order valence-electron chi connectivity index (χ1n) is 7.29. The third kappa shape index (κ3) is 2.28. The van der Waals surface area contributed by atoms with Crippen molar-refractivity contribution < 1.29 is 5.11 Å². The highest BCUT2D eigenvalue weighted by Gasteiger charge is 2.25. The van der Waals surface area contributed by atoms with Crippen molar-refractivity contribution in [3.63, 3.8) is 0 Å². The van der Waals surface area contributed by atoms with E-state index in [1.165, 1.54) is 16.5 Å². The number of rotatable bonds is 3. The number of fused-ring (bicyclic) bond motifs is 1. The van der Waals surface area contributed by atoms with Gasteiger partial charge < -0.3 is 15.4 Å². The predicted octanol–water partition coefficient (Wildman–Crippen LogP) is 2.76. The van der Waals surface area contributed by atoms with Gasteiger partial charge in [0.05, 0.1) is 6.10 Å². The Labute approximate surface area is 114 Å². The Morgan fingerprint density at radius 2 is 2.32 bits per heavy atom. The van der Waals surface area contributed by atoms with Gasteiger partial charge in [-0.25, -0.2) is 0 Å². The van der Waals surface area contributed by atoms with Gasteiger partial charge in [-0.2, -0.15) is 0 Å². The zero-order chi connectivity index (χ0) is 13.2. The van der Waals surface area contributed by atoms with Gasteiger partial charge >= 0.3 is 0 Å². The monoisotopic (exact) mass is 258 g/mol. The van der Waals surface area contributed by atoms with Gasteiger partial charge in [0.15, 0.2) is 0 Å². The van der Waals surface area contributed by atoms with E-state index >= 15 is 0 Å². The number of aliphatic hydroxyl groups excluding tert-OH is 1. The van der Waals surface area contributed by atoms with Gasteiger partial charge in [0.1, 0.15) is 0 Å². The van der Waals surface area contributed by atoms with Gasteiger partial charge in [-0.15, -0.1) is 0 Å². The fraction of sp³-hybridized carbons (Fsp3) is 0.500. The van der Waals surface area contributed by atoms with E-state index in [1.807, 2.05) is 6.20 Å². The van der Waals surface area contributed by atoms with Gasteiger partial charge in [-0.05, 0) is 31.4 Å². The largest absolute Gasteiger partial charge is 0.388 e. The van der Waals surface area contributed by atoms with Crippen LogP contribution < -0.4 is 5.32 Å². The maximum absolute atomic E-state index is 10.6. The van der Waals surface area contributed by atoms with Crippen molar-refractivity contribution in [1.29, 1.82) is 0 Å². The molecule has 1 aliphatic rings. The van der Waals surface area contributed by atoms with Crippen LogP contribution in [-0.4, -0.2) is 23.2 Å². The van der Waals surface area contributed by atoms with E-state index in [0.29, 0.717) is 5.92 Å². The van der Waals surface area contributed by atoms with E-state index in [1.54, 1.807) is 0 Å². The summed E-state index contributed by atoms with van der Waals surface area (Å²) >= 11 is 0. The van der Waals surface area contributed by atoms with Crippen LogP contribution in [0.3, 0.4) is 0 Å².